The summed E-state index contributed by atoms with van der Waals surface area (Å²) in [7, 11) is 0. The van der Waals surface area contributed by atoms with Gasteiger partial charge in [0.2, 0.25) is 0 Å². The maximum atomic E-state index is 12.1. The molecule has 1 aromatic carbocycles. The van der Waals surface area contributed by atoms with Crippen LogP contribution in [0.15, 0.2) is 29.2 Å². The largest absolute Gasteiger partial charge is 0.494 e. The van der Waals surface area contributed by atoms with E-state index < -0.39 is 5.51 Å². The maximum absolute atomic E-state index is 12.1. The quantitative estimate of drug-likeness (QED) is 0.833. The molecular formula is C13H16F3NOS. The first-order valence-corrected chi connectivity index (χ1v) is 7.06. The molecule has 1 aliphatic heterocycles. The number of ether oxygens (including phenoxy) is 1. The van der Waals surface area contributed by atoms with E-state index in [9.17, 15) is 13.2 Å². The Bertz CT molecular complexity index is 388. The van der Waals surface area contributed by atoms with Crippen molar-refractivity contribution in [3.8, 4) is 5.75 Å². The molecule has 0 radical (unpaired) electrons. The summed E-state index contributed by atoms with van der Waals surface area (Å²) in [4.78, 5) is 0.178. The number of alkyl halides is 3. The lowest BCUT2D eigenvalue weighted by Gasteiger charge is -2.11. The summed E-state index contributed by atoms with van der Waals surface area (Å²) in [6, 6.07) is 6.54. The van der Waals surface area contributed by atoms with Crippen LogP contribution in [0.4, 0.5) is 13.2 Å². The Morgan fingerprint density at radius 1 is 1.26 bits per heavy atom. The molecular weight excluding hydrogens is 275 g/mol. The zero-order valence-electron chi connectivity index (χ0n) is 10.4. The molecule has 1 fully saturated rings. The predicted molar refractivity (Wildman–Crippen MR) is 69.5 cm³/mol. The van der Waals surface area contributed by atoms with Gasteiger partial charge in [0.15, 0.2) is 0 Å². The van der Waals surface area contributed by atoms with Gasteiger partial charge in [-0.2, -0.15) is 13.2 Å². The van der Waals surface area contributed by atoms with Gasteiger partial charge in [0.1, 0.15) is 5.75 Å². The SMILES string of the molecule is FC(F)(F)Sc1ccc(OCCC2CCCN2)cc1. The Labute approximate surface area is 114 Å². The molecule has 0 aliphatic carbocycles. The fourth-order valence-electron chi connectivity index (χ4n) is 2.06. The molecule has 1 heterocycles. The second-order valence-corrected chi connectivity index (χ2v) is 5.59. The highest BCUT2D eigenvalue weighted by Gasteiger charge is 2.29. The van der Waals surface area contributed by atoms with Crippen molar-refractivity contribution in [2.45, 2.75) is 35.7 Å². The Hall–Kier alpha value is -0.880. The standard InChI is InChI=1S/C13H16F3NOS/c14-13(15,16)19-12-5-3-11(4-6-12)18-9-7-10-2-1-8-17-10/h3-6,10,17H,1-2,7-9H2. The van der Waals surface area contributed by atoms with Crippen molar-refractivity contribution < 1.29 is 17.9 Å². The molecule has 1 N–H and O–H groups in total. The van der Waals surface area contributed by atoms with Gasteiger partial charge >= 0.3 is 5.51 Å². The number of thioether (sulfide) groups is 1. The Balaban J connectivity index is 1.75. The minimum absolute atomic E-state index is 0.112. The van der Waals surface area contributed by atoms with E-state index in [1.807, 2.05) is 0 Å². The van der Waals surface area contributed by atoms with E-state index in [-0.39, 0.29) is 16.7 Å². The third kappa shape index (κ3) is 5.32. The van der Waals surface area contributed by atoms with Crippen molar-refractivity contribution in [2.24, 2.45) is 0 Å². The van der Waals surface area contributed by atoms with E-state index in [0.717, 1.165) is 13.0 Å². The number of rotatable bonds is 5. The van der Waals surface area contributed by atoms with E-state index in [1.54, 1.807) is 12.1 Å². The molecule has 19 heavy (non-hydrogen) atoms. The van der Waals surface area contributed by atoms with Crippen LogP contribution < -0.4 is 10.1 Å². The molecule has 1 aliphatic rings. The van der Waals surface area contributed by atoms with Crippen molar-refractivity contribution in [1.29, 1.82) is 0 Å². The normalized spacial score (nSPS) is 19.6. The van der Waals surface area contributed by atoms with Crippen molar-refractivity contribution >= 4 is 11.8 Å². The molecule has 0 amide bonds. The first kappa shape index (κ1) is 14.5. The third-order valence-corrected chi connectivity index (χ3v) is 3.69. The minimum Gasteiger partial charge on any atom is -0.494 e. The van der Waals surface area contributed by atoms with Gasteiger partial charge in [0.05, 0.1) is 6.61 Å². The highest BCUT2D eigenvalue weighted by molar-refractivity contribution is 8.00. The fraction of sp³-hybridized carbons (Fsp3) is 0.538. The van der Waals surface area contributed by atoms with Gasteiger partial charge in [-0.15, -0.1) is 0 Å². The minimum atomic E-state index is -4.24. The van der Waals surface area contributed by atoms with Crippen LogP contribution in [-0.2, 0) is 0 Å². The molecule has 1 unspecified atom stereocenters. The topological polar surface area (TPSA) is 21.3 Å². The summed E-state index contributed by atoms with van der Waals surface area (Å²) < 4.78 is 41.9. The second-order valence-electron chi connectivity index (χ2n) is 4.45. The molecule has 1 atom stereocenters. The van der Waals surface area contributed by atoms with Crippen LogP contribution in [-0.4, -0.2) is 24.7 Å². The van der Waals surface area contributed by atoms with Crippen molar-refractivity contribution in [1.82, 2.24) is 5.32 Å². The van der Waals surface area contributed by atoms with Gasteiger partial charge in [0, 0.05) is 10.9 Å². The van der Waals surface area contributed by atoms with Crippen LogP contribution >= 0.6 is 11.8 Å². The van der Waals surface area contributed by atoms with Crippen LogP contribution in [0.2, 0.25) is 0 Å². The first-order chi connectivity index (χ1) is 9.03. The molecule has 0 aromatic heterocycles. The van der Waals surface area contributed by atoms with E-state index >= 15 is 0 Å². The van der Waals surface area contributed by atoms with Crippen LogP contribution in [0.5, 0.6) is 5.75 Å². The van der Waals surface area contributed by atoms with Gasteiger partial charge < -0.3 is 10.1 Å². The maximum Gasteiger partial charge on any atom is 0.446 e. The summed E-state index contributed by atoms with van der Waals surface area (Å²) >= 11 is -0.112. The lowest BCUT2D eigenvalue weighted by molar-refractivity contribution is -0.0328. The molecule has 0 spiro atoms. The first-order valence-electron chi connectivity index (χ1n) is 6.25. The van der Waals surface area contributed by atoms with Gasteiger partial charge in [-0.1, -0.05) is 0 Å². The van der Waals surface area contributed by atoms with Gasteiger partial charge in [-0.3, -0.25) is 0 Å². The van der Waals surface area contributed by atoms with E-state index in [1.165, 1.54) is 25.0 Å². The third-order valence-electron chi connectivity index (χ3n) is 2.95. The van der Waals surface area contributed by atoms with Crippen molar-refractivity contribution in [2.75, 3.05) is 13.2 Å². The molecule has 0 saturated carbocycles. The molecule has 2 nitrogen and oxygen atoms in total. The number of halogens is 3. The summed E-state index contributed by atoms with van der Waals surface area (Å²) in [5.41, 5.74) is -4.24. The number of benzene rings is 1. The van der Waals surface area contributed by atoms with Gasteiger partial charge in [-0.25, -0.2) is 0 Å². The molecule has 106 valence electrons. The molecule has 0 bridgehead atoms. The zero-order valence-corrected chi connectivity index (χ0v) is 11.2. The summed E-state index contributed by atoms with van der Waals surface area (Å²) in [6.07, 6.45) is 3.30. The monoisotopic (exact) mass is 291 g/mol. The lowest BCUT2D eigenvalue weighted by Crippen LogP contribution is -2.23. The van der Waals surface area contributed by atoms with Gasteiger partial charge in [0.25, 0.3) is 0 Å². The molecule has 2 rings (SSSR count). The molecule has 1 aromatic rings. The smallest absolute Gasteiger partial charge is 0.446 e. The number of hydrogen-bond donors (Lipinski definition) is 1. The average molecular weight is 291 g/mol. The number of hydrogen-bond acceptors (Lipinski definition) is 3. The summed E-state index contributed by atoms with van der Waals surface area (Å²) in [5.74, 6) is 0.615. The van der Waals surface area contributed by atoms with Crippen LogP contribution in [0.1, 0.15) is 19.3 Å². The van der Waals surface area contributed by atoms with Crippen molar-refractivity contribution in [3.05, 3.63) is 24.3 Å². The zero-order chi connectivity index (χ0) is 13.7. The molecule has 6 heteroatoms. The van der Waals surface area contributed by atoms with E-state index in [4.69, 9.17) is 4.74 Å². The highest BCUT2D eigenvalue weighted by Crippen LogP contribution is 2.37. The Morgan fingerprint density at radius 3 is 2.58 bits per heavy atom. The van der Waals surface area contributed by atoms with Crippen molar-refractivity contribution in [3.63, 3.8) is 0 Å². The summed E-state index contributed by atoms with van der Waals surface area (Å²) in [5, 5.41) is 3.37. The van der Waals surface area contributed by atoms with E-state index in [0.29, 0.717) is 18.4 Å². The van der Waals surface area contributed by atoms with Crippen LogP contribution in [0.25, 0.3) is 0 Å². The average Bonchev–Trinajstić information content (AvgIpc) is 2.82. The highest BCUT2D eigenvalue weighted by atomic mass is 32.2. The summed E-state index contributed by atoms with van der Waals surface area (Å²) in [6.45, 7) is 1.65. The second kappa shape index (κ2) is 6.52. The molecule has 1 saturated heterocycles. The fourth-order valence-corrected chi connectivity index (χ4v) is 2.60. The predicted octanol–water partition coefficient (Wildman–Crippen LogP) is 3.82. The van der Waals surface area contributed by atoms with Crippen LogP contribution in [0.3, 0.4) is 0 Å². The van der Waals surface area contributed by atoms with Gasteiger partial charge in [-0.05, 0) is 61.8 Å². The Morgan fingerprint density at radius 2 is 2.00 bits per heavy atom. The van der Waals surface area contributed by atoms with Crippen LogP contribution in [0, 0.1) is 0 Å². The lowest BCUT2D eigenvalue weighted by atomic mass is 10.2. The number of nitrogens with one attached hydrogen (secondary N) is 1. The van der Waals surface area contributed by atoms with E-state index in [2.05, 4.69) is 5.32 Å². The Kier molecular flexibility index (Phi) is 4.99.